The van der Waals surface area contributed by atoms with E-state index in [-0.39, 0.29) is 28.2 Å². The van der Waals surface area contributed by atoms with Gasteiger partial charge in [0.25, 0.3) is 11.6 Å². The number of nitrogens with zero attached hydrogens (tertiary/aromatic N) is 1. The monoisotopic (exact) mass is 268 g/mol. The molecule has 96 valence electrons. The molecule has 6 heteroatoms. The van der Waals surface area contributed by atoms with Gasteiger partial charge in [0, 0.05) is 17.7 Å². The highest BCUT2D eigenvalue weighted by molar-refractivity contribution is 6.32. The highest BCUT2D eigenvalue weighted by atomic mass is 35.5. The van der Waals surface area contributed by atoms with Crippen LogP contribution in [0.15, 0.2) is 18.2 Å². The quantitative estimate of drug-likeness (QED) is 0.674. The minimum Gasteiger partial charge on any atom is -0.349 e. The Labute approximate surface area is 109 Å². The van der Waals surface area contributed by atoms with Crippen LogP contribution in [0.3, 0.4) is 0 Å². The van der Waals surface area contributed by atoms with Crippen LogP contribution >= 0.6 is 11.6 Å². The molecule has 0 aromatic heterocycles. The predicted octanol–water partition coefficient (Wildman–Crippen LogP) is 2.78. The first-order chi connectivity index (χ1) is 8.49. The third kappa shape index (κ3) is 2.79. The van der Waals surface area contributed by atoms with Crippen molar-refractivity contribution < 1.29 is 9.72 Å². The smallest absolute Gasteiger partial charge is 0.288 e. The molecule has 18 heavy (non-hydrogen) atoms. The molecule has 1 amide bonds. The highest BCUT2D eigenvalue weighted by Gasteiger charge is 2.29. The topological polar surface area (TPSA) is 72.2 Å². The lowest BCUT2D eigenvalue weighted by Crippen LogP contribution is -2.33. The number of hydrogen-bond donors (Lipinski definition) is 1. The summed E-state index contributed by atoms with van der Waals surface area (Å²) in [5, 5.41) is 13.6. The standard InChI is InChI=1S/C12H13ClN2O3/c1-7(8-2-3-8)14-12(16)9-4-5-10(13)11(6-9)15(17)18/h4-8H,2-3H2,1H3,(H,14,16)/t7-/m1/s1. The second-order valence-corrected chi connectivity index (χ2v) is 4.93. The molecule has 2 rings (SSSR count). The normalized spacial score (nSPS) is 16.1. The number of hydrogen-bond acceptors (Lipinski definition) is 3. The van der Waals surface area contributed by atoms with E-state index < -0.39 is 4.92 Å². The summed E-state index contributed by atoms with van der Waals surface area (Å²) in [6.07, 6.45) is 2.25. The van der Waals surface area contributed by atoms with Crippen LogP contribution in [0, 0.1) is 16.0 Å². The first kappa shape index (κ1) is 12.8. The van der Waals surface area contributed by atoms with Gasteiger partial charge in [-0.3, -0.25) is 14.9 Å². The fraction of sp³-hybridized carbons (Fsp3) is 0.417. The molecule has 1 aliphatic rings. The zero-order valence-corrected chi connectivity index (χ0v) is 10.6. The van der Waals surface area contributed by atoms with Gasteiger partial charge in [-0.2, -0.15) is 0 Å². The van der Waals surface area contributed by atoms with Crippen LogP contribution < -0.4 is 5.32 Å². The van der Waals surface area contributed by atoms with Gasteiger partial charge in [0.1, 0.15) is 5.02 Å². The number of carbonyl (C=O) groups is 1. The predicted molar refractivity (Wildman–Crippen MR) is 67.8 cm³/mol. The number of amides is 1. The molecule has 1 N–H and O–H groups in total. The number of nitrogens with one attached hydrogen (secondary N) is 1. The van der Waals surface area contributed by atoms with E-state index in [0.29, 0.717) is 5.92 Å². The fourth-order valence-electron chi connectivity index (χ4n) is 1.80. The molecule has 0 saturated heterocycles. The van der Waals surface area contributed by atoms with E-state index >= 15 is 0 Å². The van der Waals surface area contributed by atoms with E-state index in [1.54, 1.807) is 0 Å². The van der Waals surface area contributed by atoms with Crippen molar-refractivity contribution in [3.63, 3.8) is 0 Å². The number of benzene rings is 1. The van der Waals surface area contributed by atoms with Crippen LogP contribution in [-0.4, -0.2) is 16.9 Å². The van der Waals surface area contributed by atoms with Crippen molar-refractivity contribution in [2.45, 2.75) is 25.8 Å². The van der Waals surface area contributed by atoms with Crippen molar-refractivity contribution in [1.82, 2.24) is 5.32 Å². The van der Waals surface area contributed by atoms with E-state index in [1.165, 1.54) is 18.2 Å². The summed E-state index contributed by atoms with van der Waals surface area (Å²) in [7, 11) is 0. The van der Waals surface area contributed by atoms with Gasteiger partial charge in [0.05, 0.1) is 4.92 Å². The molecule has 1 saturated carbocycles. The number of carbonyl (C=O) groups excluding carboxylic acids is 1. The molecule has 1 aromatic rings. The Morgan fingerprint density at radius 3 is 2.78 bits per heavy atom. The maximum atomic E-state index is 11.9. The fourth-order valence-corrected chi connectivity index (χ4v) is 1.98. The summed E-state index contributed by atoms with van der Waals surface area (Å²) in [5.41, 5.74) is 0.0157. The third-order valence-corrected chi connectivity index (χ3v) is 3.41. The molecule has 1 fully saturated rings. The van der Waals surface area contributed by atoms with Crippen LogP contribution in [0.2, 0.25) is 5.02 Å². The largest absolute Gasteiger partial charge is 0.349 e. The van der Waals surface area contributed by atoms with Gasteiger partial charge in [-0.25, -0.2) is 0 Å². The Morgan fingerprint density at radius 2 is 2.22 bits per heavy atom. The van der Waals surface area contributed by atoms with Crippen molar-refractivity contribution >= 4 is 23.2 Å². The van der Waals surface area contributed by atoms with Gasteiger partial charge in [0.2, 0.25) is 0 Å². The lowest BCUT2D eigenvalue weighted by atomic mass is 10.1. The maximum Gasteiger partial charge on any atom is 0.288 e. The molecule has 0 radical (unpaired) electrons. The van der Waals surface area contributed by atoms with E-state index in [0.717, 1.165) is 12.8 Å². The summed E-state index contributed by atoms with van der Waals surface area (Å²) in [4.78, 5) is 22.0. The number of nitro benzene ring substituents is 1. The molecule has 1 aromatic carbocycles. The third-order valence-electron chi connectivity index (χ3n) is 3.09. The Balaban J connectivity index is 2.14. The van der Waals surface area contributed by atoms with Crippen LogP contribution in [-0.2, 0) is 0 Å². The molecular formula is C12H13ClN2O3. The van der Waals surface area contributed by atoms with Crippen molar-refractivity contribution in [2.75, 3.05) is 0 Å². The van der Waals surface area contributed by atoms with E-state index in [1.807, 2.05) is 6.92 Å². The second-order valence-electron chi connectivity index (χ2n) is 4.52. The van der Waals surface area contributed by atoms with Crippen molar-refractivity contribution in [3.8, 4) is 0 Å². The van der Waals surface area contributed by atoms with Crippen LogP contribution in [0.1, 0.15) is 30.1 Å². The Kier molecular flexibility index (Phi) is 3.52. The molecule has 1 aliphatic carbocycles. The van der Waals surface area contributed by atoms with Gasteiger partial charge in [-0.15, -0.1) is 0 Å². The summed E-state index contributed by atoms with van der Waals surface area (Å²) in [6.45, 7) is 1.94. The molecule has 0 unspecified atom stereocenters. The van der Waals surface area contributed by atoms with E-state index in [9.17, 15) is 14.9 Å². The minimum absolute atomic E-state index is 0.0341. The van der Waals surface area contributed by atoms with Crippen molar-refractivity contribution in [3.05, 3.63) is 38.9 Å². The summed E-state index contributed by atoms with van der Waals surface area (Å²) in [5.74, 6) is 0.241. The first-order valence-electron chi connectivity index (χ1n) is 5.74. The number of rotatable bonds is 4. The lowest BCUT2D eigenvalue weighted by Gasteiger charge is -2.12. The highest BCUT2D eigenvalue weighted by Crippen LogP contribution is 2.32. The summed E-state index contributed by atoms with van der Waals surface area (Å²) >= 11 is 5.69. The molecule has 0 bridgehead atoms. The zero-order chi connectivity index (χ0) is 13.3. The van der Waals surface area contributed by atoms with Gasteiger partial charge in [-0.05, 0) is 37.8 Å². The number of nitro groups is 1. The SMILES string of the molecule is C[C@@H](NC(=O)c1ccc(Cl)c([N+](=O)[O-])c1)C1CC1. The second kappa shape index (κ2) is 4.94. The van der Waals surface area contributed by atoms with Gasteiger partial charge < -0.3 is 5.32 Å². The minimum atomic E-state index is -0.594. The lowest BCUT2D eigenvalue weighted by molar-refractivity contribution is -0.384. The molecule has 0 heterocycles. The van der Waals surface area contributed by atoms with Gasteiger partial charge in [0.15, 0.2) is 0 Å². The van der Waals surface area contributed by atoms with E-state index in [2.05, 4.69) is 5.32 Å². The Hall–Kier alpha value is -1.62. The first-order valence-corrected chi connectivity index (χ1v) is 6.11. The summed E-state index contributed by atoms with van der Waals surface area (Å²) < 4.78 is 0. The Bertz CT molecular complexity index is 500. The number of halogens is 1. The van der Waals surface area contributed by atoms with Crippen molar-refractivity contribution in [2.24, 2.45) is 5.92 Å². The van der Waals surface area contributed by atoms with E-state index in [4.69, 9.17) is 11.6 Å². The molecule has 1 atom stereocenters. The molecule has 5 nitrogen and oxygen atoms in total. The average molecular weight is 269 g/mol. The maximum absolute atomic E-state index is 11.9. The Morgan fingerprint density at radius 1 is 1.56 bits per heavy atom. The average Bonchev–Trinajstić information content (AvgIpc) is 3.12. The van der Waals surface area contributed by atoms with Crippen LogP contribution in [0.4, 0.5) is 5.69 Å². The molecular weight excluding hydrogens is 256 g/mol. The van der Waals surface area contributed by atoms with Gasteiger partial charge >= 0.3 is 0 Å². The van der Waals surface area contributed by atoms with Crippen LogP contribution in [0.5, 0.6) is 0 Å². The van der Waals surface area contributed by atoms with Gasteiger partial charge in [-0.1, -0.05) is 11.6 Å². The van der Waals surface area contributed by atoms with Crippen LogP contribution in [0.25, 0.3) is 0 Å². The van der Waals surface area contributed by atoms with Crippen molar-refractivity contribution in [1.29, 1.82) is 0 Å². The zero-order valence-electron chi connectivity index (χ0n) is 9.85. The molecule has 0 spiro atoms. The molecule has 0 aliphatic heterocycles. The summed E-state index contributed by atoms with van der Waals surface area (Å²) in [6, 6.07) is 4.17.